The molecule has 0 aliphatic carbocycles. The summed E-state index contributed by atoms with van der Waals surface area (Å²) in [5.41, 5.74) is 1.13. The molecule has 0 aromatic heterocycles. The van der Waals surface area contributed by atoms with Gasteiger partial charge in [0.25, 0.3) is 0 Å². The highest BCUT2D eigenvalue weighted by atomic mass is 35.5. The van der Waals surface area contributed by atoms with Crippen LogP contribution in [0.4, 0.5) is 0 Å². The highest BCUT2D eigenvalue weighted by Gasteiger charge is 2.23. The maximum atomic E-state index is 5.98. The molecule has 0 aliphatic rings. The maximum Gasteiger partial charge on any atom is 0.0424 e. The highest BCUT2D eigenvalue weighted by Crippen LogP contribution is 2.29. The quantitative estimate of drug-likeness (QED) is 0.760. The van der Waals surface area contributed by atoms with Crippen molar-refractivity contribution in [1.29, 1.82) is 0 Å². The van der Waals surface area contributed by atoms with Gasteiger partial charge in [-0.05, 0) is 42.9 Å². The summed E-state index contributed by atoms with van der Waals surface area (Å²) < 4.78 is 0.336. The fourth-order valence-electron chi connectivity index (χ4n) is 2.01. The van der Waals surface area contributed by atoms with Crippen molar-refractivity contribution < 1.29 is 0 Å². The first-order valence-electron chi connectivity index (χ1n) is 6.26. The zero-order valence-electron chi connectivity index (χ0n) is 11.2. The Morgan fingerprint density at radius 3 is 2.11 bits per heavy atom. The van der Waals surface area contributed by atoms with E-state index in [1.165, 1.54) is 12.8 Å². The van der Waals surface area contributed by atoms with E-state index in [-0.39, 0.29) is 0 Å². The summed E-state index contributed by atoms with van der Waals surface area (Å²) in [7, 11) is 0. The van der Waals surface area contributed by atoms with Gasteiger partial charge < -0.3 is 5.32 Å². The minimum atomic E-state index is 0.336. The first-order chi connectivity index (χ1) is 8.55. The van der Waals surface area contributed by atoms with E-state index in [0.717, 1.165) is 18.7 Å². The van der Waals surface area contributed by atoms with Crippen LogP contribution in [0, 0.1) is 0 Å². The molecule has 0 radical (unpaired) electrons. The number of benzene rings is 1. The summed E-state index contributed by atoms with van der Waals surface area (Å²) in [4.78, 5) is 0. The van der Waals surface area contributed by atoms with Crippen LogP contribution in [0.3, 0.4) is 0 Å². The molecule has 18 heavy (non-hydrogen) atoms. The van der Waals surface area contributed by atoms with Gasteiger partial charge in [-0.3, -0.25) is 0 Å². The lowest BCUT2D eigenvalue weighted by molar-refractivity contribution is 0.495. The van der Waals surface area contributed by atoms with E-state index in [9.17, 15) is 0 Å². The minimum absolute atomic E-state index is 0.336. The third-order valence-electron chi connectivity index (χ3n) is 3.42. The van der Waals surface area contributed by atoms with Gasteiger partial charge in [-0.25, -0.2) is 0 Å². The molecular weight excluding hydrogens is 285 g/mol. The van der Waals surface area contributed by atoms with E-state index >= 15 is 0 Å². The van der Waals surface area contributed by atoms with E-state index < -0.39 is 0 Å². The SMILES string of the molecule is CCC(CC)(CNCc1cc(Cl)cc(Cl)c1)SC. The lowest BCUT2D eigenvalue weighted by Crippen LogP contribution is -2.36. The number of rotatable bonds is 7. The molecule has 0 amide bonds. The lowest BCUT2D eigenvalue weighted by atomic mass is 10.0. The van der Waals surface area contributed by atoms with Crippen molar-refractivity contribution in [3.05, 3.63) is 33.8 Å². The Morgan fingerprint density at radius 2 is 1.67 bits per heavy atom. The number of nitrogens with one attached hydrogen (secondary N) is 1. The molecule has 1 aromatic carbocycles. The normalized spacial score (nSPS) is 11.8. The van der Waals surface area contributed by atoms with Crippen LogP contribution >= 0.6 is 35.0 Å². The summed E-state index contributed by atoms with van der Waals surface area (Å²) in [6, 6.07) is 5.68. The van der Waals surface area contributed by atoms with Crippen LogP contribution in [-0.2, 0) is 6.54 Å². The molecular formula is C14H21Cl2NS. The van der Waals surface area contributed by atoms with Gasteiger partial charge in [0.05, 0.1) is 0 Å². The van der Waals surface area contributed by atoms with E-state index in [0.29, 0.717) is 14.8 Å². The Labute approximate surface area is 125 Å². The van der Waals surface area contributed by atoms with E-state index in [1.807, 2.05) is 23.9 Å². The predicted octanol–water partition coefficient (Wildman–Crippen LogP) is 5.00. The summed E-state index contributed by atoms with van der Waals surface area (Å²) in [6.07, 6.45) is 4.53. The van der Waals surface area contributed by atoms with Gasteiger partial charge in [-0.1, -0.05) is 37.0 Å². The lowest BCUT2D eigenvalue weighted by Gasteiger charge is -2.30. The molecule has 0 bridgehead atoms. The summed E-state index contributed by atoms with van der Waals surface area (Å²) in [5, 5.41) is 4.90. The molecule has 0 saturated carbocycles. The summed E-state index contributed by atoms with van der Waals surface area (Å²) >= 11 is 13.9. The topological polar surface area (TPSA) is 12.0 Å². The number of halogens is 2. The third kappa shape index (κ3) is 4.65. The molecule has 1 aromatic rings. The molecule has 0 aliphatic heterocycles. The van der Waals surface area contributed by atoms with Gasteiger partial charge in [0, 0.05) is 27.9 Å². The average Bonchev–Trinajstić information content (AvgIpc) is 2.34. The van der Waals surface area contributed by atoms with Crippen molar-refractivity contribution in [3.8, 4) is 0 Å². The van der Waals surface area contributed by atoms with Crippen LogP contribution in [0.5, 0.6) is 0 Å². The molecule has 1 N–H and O–H groups in total. The zero-order chi connectivity index (χ0) is 13.6. The summed E-state index contributed by atoms with van der Waals surface area (Å²) in [6.45, 7) is 6.31. The highest BCUT2D eigenvalue weighted by molar-refractivity contribution is 8.00. The fourth-order valence-corrected chi connectivity index (χ4v) is 3.40. The second kappa shape index (κ2) is 7.64. The largest absolute Gasteiger partial charge is 0.311 e. The van der Waals surface area contributed by atoms with Crippen LogP contribution in [0.1, 0.15) is 32.3 Å². The zero-order valence-corrected chi connectivity index (χ0v) is 13.6. The predicted molar refractivity (Wildman–Crippen MR) is 85.0 cm³/mol. The van der Waals surface area contributed by atoms with Gasteiger partial charge in [-0.2, -0.15) is 11.8 Å². The number of hydrogen-bond acceptors (Lipinski definition) is 2. The Bertz CT molecular complexity index is 350. The first kappa shape index (κ1) is 16.2. The second-order valence-corrected chi connectivity index (χ2v) is 6.62. The van der Waals surface area contributed by atoms with Crippen molar-refractivity contribution in [2.24, 2.45) is 0 Å². The molecule has 0 saturated heterocycles. The second-order valence-electron chi connectivity index (χ2n) is 4.48. The Kier molecular flexibility index (Phi) is 6.86. The molecule has 0 heterocycles. The monoisotopic (exact) mass is 305 g/mol. The van der Waals surface area contributed by atoms with Gasteiger partial charge in [-0.15, -0.1) is 0 Å². The molecule has 1 nitrogen and oxygen atoms in total. The average molecular weight is 306 g/mol. The smallest absolute Gasteiger partial charge is 0.0424 e. The van der Waals surface area contributed by atoms with E-state index in [1.54, 1.807) is 6.07 Å². The van der Waals surface area contributed by atoms with Crippen molar-refractivity contribution in [1.82, 2.24) is 5.32 Å². The Balaban J connectivity index is 2.55. The molecule has 4 heteroatoms. The van der Waals surface area contributed by atoms with Gasteiger partial charge in [0.2, 0.25) is 0 Å². The van der Waals surface area contributed by atoms with Crippen LogP contribution in [-0.4, -0.2) is 17.5 Å². The third-order valence-corrected chi connectivity index (χ3v) is 5.44. The molecule has 1 rings (SSSR count). The molecule has 0 fully saturated rings. The Hall–Kier alpha value is 0.110. The molecule has 0 atom stereocenters. The maximum absolute atomic E-state index is 5.98. The van der Waals surface area contributed by atoms with Crippen LogP contribution in [0.15, 0.2) is 18.2 Å². The van der Waals surface area contributed by atoms with Crippen molar-refractivity contribution in [3.63, 3.8) is 0 Å². The number of thioether (sulfide) groups is 1. The van der Waals surface area contributed by atoms with Gasteiger partial charge in [0.1, 0.15) is 0 Å². The van der Waals surface area contributed by atoms with Crippen LogP contribution in [0.25, 0.3) is 0 Å². The van der Waals surface area contributed by atoms with E-state index in [2.05, 4.69) is 25.4 Å². The van der Waals surface area contributed by atoms with Gasteiger partial charge in [0.15, 0.2) is 0 Å². The van der Waals surface area contributed by atoms with Crippen molar-refractivity contribution in [2.75, 3.05) is 12.8 Å². The molecule has 0 unspecified atom stereocenters. The van der Waals surface area contributed by atoms with Crippen LogP contribution in [0.2, 0.25) is 10.0 Å². The number of hydrogen-bond donors (Lipinski definition) is 1. The Morgan fingerprint density at radius 1 is 1.11 bits per heavy atom. The van der Waals surface area contributed by atoms with Crippen LogP contribution < -0.4 is 5.32 Å². The van der Waals surface area contributed by atoms with Gasteiger partial charge >= 0.3 is 0 Å². The standard InChI is InChI=1S/C14H21Cl2NS/c1-4-14(5-2,18-3)10-17-9-11-6-12(15)8-13(16)7-11/h6-8,17H,4-5,9-10H2,1-3H3. The first-order valence-corrected chi connectivity index (χ1v) is 8.24. The minimum Gasteiger partial charge on any atom is -0.311 e. The van der Waals surface area contributed by atoms with Crippen molar-refractivity contribution in [2.45, 2.75) is 38.0 Å². The molecule has 102 valence electrons. The summed E-state index contributed by atoms with van der Waals surface area (Å²) in [5.74, 6) is 0. The fraction of sp³-hybridized carbons (Fsp3) is 0.571. The van der Waals surface area contributed by atoms with Crippen molar-refractivity contribution >= 4 is 35.0 Å². The van der Waals surface area contributed by atoms with E-state index in [4.69, 9.17) is 23.2 Å². The molecule has 0 spiro atoms.